The Morgan fingerprint density at radius 1 is 0.947 bits per heavy atom. The smallest absolute Gasteiger partial charge is 0.0998 e. The minimum Gasteiger partial charge on any atom is -0.192 e. The second-order valence-corrected chi connectivity index (χ2v) is 3.95. The first-order valence-electron chi connectivity index (χ1n) is 6.53. The topological polar surface area (TPSA) is 23.8 Å². The molecule has 0 amide bonds. The molecule has 2 rings (SSSR count). The Kier molecular flexibility index (Phi) is 6.12. The van der Waals surface area contributed by atoms with Gasteiger partial charge < -0.3 is 0 Å². The van der Waals surface area contributed by atoms with Crippen LogP contribution in [-0.4, -0.2) is 0 Å². The summed E-state index contributed by atoms with van der Waals surface area (Å²) in [6.45, 7) is 6.05. The lowest BCUT2D eigenvalue weighted by Crippen LogP contribution is -1.81. The highest BCUT2D eigenvalue weighted by atomic mass is 14.2. The highest BCUT2D eigenvalue weighted by Gasteiger charge is 1.99. The molecule has 0 bridgehead atoms. The van der Waals surface area contributed by atoms with Gasteiger partial charge in [-0.05, 0) is 24.1 Å². The first-order valence-corrected chi connectivity index (χ1v) is 6.53. The van der Waals surface area contributed by atoms with Crippen molar-refractivity contribution >= 4 is 11.6 Å². The number of allylic oxidation sites excluding steroid dienone is 1. The normalized spacial score (nSPS) is 10.1. The molecular formula is C18H19N. The molecular weight excluding hydrogens is 230 g/mol. The molecule has 0 saturated carbocycles. The van der Waals surface area contributed by atoms with E-state index in [1.54, 1.807) is 0 Å². The van der Waals surface area contributed by atoms with Gasteiger partial charge in [0.15, 0.2) is 0 Å². The Bertz CT molecular complexity index is 557. The zero-order valence-electron chi connectivity index (χ0n) is 11.7. The number of nitriles is 1. The molecule has 0 radical (unpaired) electrons. The van der Waals surface area contributed by atoms with Crippen molar-refractivity contribution in [3.8, 4) is 6.07 Å². The lowest BCUT2D eigenvalue weighted by molar-refractivity contribution is 1.46. The number of hydrogen-bond acceptors (Lipinski definition) is 1. The van der Waals surface area contributed by atoms with Gasteiger partial charge in [-0.25, -0.2) is 0 Å². The molecule has 2 aromatic rings. The van der Waals surface area contributed by atoms with Crippen LogP contribution in [0.4, 0.5) is 0 Å². The van der Waals surface area contributed by atoms with Gasteiger partial charge in [-0.3, -0.25) is 0 Å². The Morgan fingerprint density at radius 2 is 1.53 bits per heavy atom. The van der Waals surface area contributed by atoms with Crippen LogP contribution in [0.25, 0.3) is 11.6 Å². The second kappa shape index (κ2) is 7.89. The molecule has 0 unspecified atom stereocenters. The maximum atomic E-state index is 9.18. The lowest BCUT2D eigenvalue weighted by atomic mass is 10.0. The Labute approximate surface area is 115 Å². The molecule has 0 aromatic heterocycles. The fraction of sp³-hybridized carbons (Fsp3) is 0.167. The van der Waals surface area contributed by atoms with Gasteiger partial charge in [0, 0.05) is 0 Å². The number of benzene rings is 2. The molecule has 19 heavy (non-hydrogen) atoms. The minimum absolute atomic E-state index is 0.689. The summed E-state index contributed by atoms with van der Waals surface area (Å²) < 4.78 is 0. The molecule has 1 nitrogen and oxygen atoms in total. The van der Waals surface area contributed by atoms with Gasteiger partial charge >= 0.3 is 0 Å². The van der Waals surface area contributed by atoms with Crippen LogP contribution in [0.5, 0.6) is 0 Å². The van der Waals surface area contributed by atoms with Crippen LogP contribution in [0.15, 0.2) is 54.6 Å². The molecule has 96 valence electrons. The average Bonchev–Trinajstić information content (AvgIpc) is 2.49. The largest absolute Gasteiger partial charge is 0.192 e. The first kappa shape index (κ1) is 14.7. The average molecular weight is 249 g/mol. The van der Waals surface area contributed by atoms with E-state index < -0.39 is 0 Å². The zero-order chi connectivity index (χ0) is 14.1. The highest BCUT2D eigenvalue weighted by Crippen LogP contribution is 2.17. The molecule has 0 aliphatic carbocycles. The van der Waals surface area contributed by atoms with E-state index in [9.17, 15) is 5.26 Å². The maximum Gasteiger partial charge on any atom is 0.0998 e. The van der Waals surface area contributed by atoms with Gasteiger partial charge in [0.1, 0.15) is 0 Å². The van der Waals surface area contributed by atoms with E-state index in [0.29, 0.717) is 5.57 Å². The SMILES string of the molecule is CC.Cc1ccc(/C=C(\C#N)c2ccccc2)cc1. The summed E-state index contributed by atoms with van der Waals surface area (Å²) in [5.41, 5.74) is 3.92. The lowest BCUT2D eigenvalue weighted by Gasteiger charge is -1.99. The van der Waals surface area contributed by atoms with Crippen molar-refractivity contribution in [1.29, 1.82) is 5.26 Å². The van der Waals surface area contributed by atoms with Crippen molar-refractivity contribution in [3.05, 3.63) is 71.3 Å². The van der Waals surface area contributed by atoms with E-state index in [-0.39, 0.29) is 0 Å². The van der Waals surface area contributed by atoms with Crippen molar-refractivity contribution in [3.63, 3.8) is 0 Å². The predicted molar refractivity (Wildman–Crippen MR) is 82.5 cm³/mol. The third kappa shape index (κ3) is 4.44. The van der Waals surface area contributed by atoms with Gasteiger partial charge in [-0.1, -0.05) is 74.0 Å². The van der Waals surface area contributed by atoms with Crippen LogP contribution in [0.1, 0.15) is 30.5 Å². The van der Waals surface area contributed by atoms with Gasteiger partial charge in [0.05, 0.1) is 11.6 Å². The number of rotatable bonds is 2. The van der Waals surface area contributed by atoms with Crippen LogP contribution < -0.4 is 0 Å². The molecule has 0 aliphatic rings. The molecule has 1 heteroatoms. The van der Waals surface area contributed by atoms with Crippen LogP contribution in [0, 0.1) is 18.3 Å². The van der Waals surface area contributed by atoms with Crippen LogP contribution in [0.3, 0.4) is 0 Å². The minimum atomic E-state index is 0.689. The number of aryl methyl sites for hydroxylation is 1. The number of nitrogens with zero attached hydrogens (tertiary/aromatic N) is 1. The summed E-state index contributed by atoms with van der Waals surface area (Å²) in [6.07, 6.45) is 1.91. The maximum absolute atomic E-state index is 9.18. The first-order chi connectivity index (χ1) is 9.29. The van der Waals surface area contributed by atoms with Gasteiger partial charge in [-0.15, -0.1) is 0 Å². The molecule has 0 atom stereocenters. The van der Waals surface area contributed by atoms with Crippen molar-refractivity contribution in [2.45, 2.75) is 20.8 Å². The van der Waals surface area contributed by atoms with E-state index in [1.165, 1.54) is 5.56 Å². The Morgan fingerprint density at radius 3 is 2.05 bits per heavy atom. The molecule has 2 aromatic carbocycles. The standard InChI is InChI=1S/C16H13N.C2H6/c1-13-7-9-14(10-8-13)11-16(12-17)15-5-3-2-4-6-15;1-2/h2-11H,1H3;1-2H3/b16-11+;. The zero-order valence-corrected chi connectivity index (χ0v) is 11.7. The molecule has 0 heterocycles. The summed E-state index contributed by atoms with van der Waals surface area (Å²) in [6, 6.07) is 20.1. The van der Waals surface area contributed by atoms with Crippen molar-refractivity contribution in [2.75, 3.05) is 0 Å². The van der Waals surface area contributed by atoms with Crippen molar-refractivity contribution in [1.82, 2.24) is 0 Å². The van der Waals surface area contributed by atoms with Gasteiger partial charge in [0.25, 0.3) is 0 Å². The van der Waals surface area contributed by atoms with E-state index in [4.69, 9.17) is 0 Å². The van der Waals surface area contributed by atoms with Crippen LogP contribution in [0.2, 0.25) is 0 Å². The monoisotopic (exact) mass is 249 g/mol. The fourth-order valence-electron chi connectivity index (χ4n) is 1.63. The fourth-order valence-corrected chi connectivity index (χ4v) is 1.63. The molecule has 0 N–H and O–H groups in total. The Hall–Kier alpha value is -2.33. The van der Waals surface area contributed by atoms with Crippen molar-refractivity contribution < 1.29 is 0 Å². The van der Waals surface area contributed by atoms with Gasteiger partial charge in [-0.2, -0.15) is 5.26 Å². The number of hydrogen-bond donors (Lipinski definition) is 0. The summed E-state index contributed by atoms with van der Waals surface area (Å²) in [5.74, 6) is 0. The van der Waals surface area contributed by atoms with E-state index in [1.807, 2.05) is 74.5 Å². The molecule has 0 saturated heterocycles. The summed E-state index contributed by atoms with van der Waals surface area (Å²) in [7, 11) is 0. The van der Waals surface area contributed by atoms with E-state index >= 15 is 0 Å². The second-order valence-electron chi connectivity index (χ2n) is 3.95. The molecule has 0 aliphatic heterocycles. The third-order valence-electron chi connectivity index (χ3n) is 2.59. The van der Waals surface area contributed by atoms with E-state index in [2.05, 4.69) is 13.0 Å². The van der Waals surface area contributed by atoms with Crippen molar-refractivity contribution in [2.24, 2.45) is 0 Å². The van der Waals surface area contributed by atoms with Crippen LogP contribution >= 0.6 is 0 Å². The predicted octanol–water partition coefficient (Wildman–Crippen LogP) is 5.09. The van der Waals surface area contributed by atoms with Crippen LogP contribution in [-0.2, 0) is 0 Å². The highest BCUT2D eigenvalue weighted by molar-refractivity contribution is 5.89. The summed E-state index contributed by atoms with van der Waals surface area (Å²) in [5, 5.41) is 9.18. The quantitative estimate of drug-likeness (QED) is 0.537. The molecule has 0 fully saturated rings. The van der Waals surface area contributed by atoms with Gasteiger partial charge in [0.2, 0.25) is 0 Å². The summed E-state index contributed by atoms with van der Waals surface area (Å²) >= 11 is 0. The summed E-state index contributed by atoms with van der Waals surface area (Å²) in [4.78, 5) is 0. The Balaban J connectivity index is 0.000000861. The molecule has 0 spiro atoms. The third-order valence-corrected chi connectivity index (χ3v) is 2.59. The van der Waals surface area contributed by atoms with E-state index in [0.717, 1.165) is 11.1 Å².